The lowest BCUT2D eigenvalue weighted by atomic mass is 9.34. The zero-order valence-corrected chi connectivity index (χ0v) is 39.8. The van der Waals surface area contributed by atoms with Gasteiger partial charge in [-0.1, -0.05) is 197 Å². The summed E-state index contributed by atoms with van der Waals surface area (Å²) in [6.45, 7) is 20.8. The quantitative estimate of drug-likeness (QED) is 0.162. The summed E-state index contributed by atoms with van der Waals surface area (Å²) in [7, 11) is -2.89. The van der Waals surface area contributed by atoms with Crippen LogP contribution in [0.4, 0.5) is 17.1 Å². The van der Waals surface area contributed by atoms with Crippen molar-refractivity contribution in [3.05, 3.63) is 192 Å². The van der Waals surface area contributed by atoms with E-state index in [1.807, 2.05) is 11.8 Å². The molecular formula is C59H54BNSSi. The van der Waals surface area contributed by atoms with Gasteiger partial charge in [0, 0.05) is 26.7 Å². The molecule has 0 amide bonds. The normalized spacial score (nSPS) is 14.4. The summed E-state index contributed by atoms with van der Waals surface area (Å²) < 4.78 is 0. The molecule has 3 aliphatic heterocycles. The minimum atomic E-state index is -2.89. The molecule has 0 fully saturated rings. The molecule has 63 heavy (non-hydrogen) atoms. The average molecular weight is 848 g/mol. The summed E-state index contributed by atoms with van der Waals surface area (Å²) in [4.78, 5) is 5.37. The van der Waals surface area contributed by atoms with E-state index in [0.29, 0.717) is 0 Å². The van der Waals surface area contributed by atoms with Gasteiger partial charge in [0.25, 0.3) is 0 Å². The van der Waals surface area contributed by atoms with Gasteiger partial charge in [-0.15, -0.1) is 0 Å². The van der Waals surface area contributed by atoms with Gasteiger partial charge < -0.3 is 4.90 Å². The second kappa shape index (κ2) is 14.4. The zero-order valence-electron chi connectivity index (χ0n) is 38.0. The standard InChI is InChI=1S/C59H54BNSSi/c1-37-19-25-43(26-20-37)63(44-27-21-38(2)22-28-44)55-34-42(59(7,8)9)23-29-45(55)47-35-51-49(36-56(47)63)60-48-17-13-14-18-53(48)62-54-32-39(3)31-52(57(54)60)61(51)50-30-24-41(58(4,5)6)33-46(50)40-15-11-10-12-16-40/h10-36H,1-9H3. The van der Waals surface area contributed by atoms with E-state index < -0.39 is 8.07 Å². The van der Waals surface area contributed by atoms with Crippen LogP contribution in [0.3, 0.4) is 0 Å². The highest BCUT2D eigenvalue weighted by molar-refractivity contribution is 8.00. The van der Waals surface area contributed by atoms with E-state index in [2.05, 4.69) is 231 Å². The maximum atomic E-state index is 2.72. The number of fused-ring (bicyclic) bond motifs is 7. The smallest absolute Gasteiger partial charge is 0.249 e. The number of rotatable bonds is 4. The van der Waals surface area contributed by atoms with E-state index in [0.717, 1.165) is 0 Å². The average Bonchev–Trinajstić information content (AvgIpc) is 3.55. The monoisotopic (exact) mass is 847 g/mol. The fourth-order valence-electron chi connectivity index (χ4n) is 10.8. The molecule has 3 aliphatic rings. The van der Waals surface area contributed by atoms with Crippen LogP contribution >= 0.6 is 11.8 Å². The third kappa shape index (κ3) is 6.20. The Morgan fingerprint density at radius 2 is 1.05 bits per heavy atom. The molecule has 3 heterocycles. The highest BCUT2D eigenvalue weighted by Crippen LogP contribution is 2.47. The summed E-state index contributed by atoms with van der Waals surface area (Å²) in [5, 5.41) is 5.88. The number of benzene rings is 8. The Bertz CT molecular complexity index is 3090. The number of anilines is 3. The first-order valence-electron chi connectivity index (χ1n) is 22.6. The van der Waals surface area contributed by atoms with E-state index in [-0.39, 0.29) is 17.5 Å². The molecule has 8 aromatic carbocycles. The van der Waals surface area contributed by atoms with Crippen LogP contribution in [0, 0.1) is 20.8 Å². The van der Waals surface area contributed by atoms with Gasteiger partial charge in [-0.2, -0.15) is 0 Å². The summed E-state index contributed by atoms with van der Waals surface area (Å²) >= 11 is 1.94. The molecule has 8 aromatic rings. The van der Waals surface area contributed by atoms with Crippen molar-refractivity contribution in [3.8, 4) is 22.3 Å². The minimum Gasteiger partial charge on any atom is -0.311 e. The van der Waals surface area contributed by atoms with Gasteiger partial charge in [0.1, 0.15) is 0 Å². The largest absolute Gasteiger partial charge is 0.311 e. The van der Waals surface area contributed by atoms with Gasteiger partial charge in [0.2, 0.25) is 6.71 Å². The molecule has 0 unspecified atom stereocenters. The maximum Gasteiger partial charge on any atom is 0.249 e. The van der Waals surface area contributed by atoms with Crippen LogP contribution in [0.2, 0.25) is 0 Å². The molecule has 0 aromatic heterocycles. The van der Waals surface area contributed by atoms with Gasteiger partial charge in [-0.3, -0.25) is 0 Å². The third-order valence-electron chi connectivity index (χ3n) is 14.1. The molecule has 0 saturated heterocycles. The molecule has 0 atom stereocenters. The summed E-state index contributed by atoms with van der Waals surface area (Å²) in [6.07, 6.45) is 0. The predicted octanol–water partition coefficient (Wildman–Crippen LogP) is 11.0. The van der Waals surface area contributed by atoms with Crippen LogP contribution in [-0.4, -0.2) is 14.8 Å². The first-order valence-corrected chi connectivity index (χ1v) is 25.4. The fourth-order valence-corrected chi connectivity index (χ4v) is 17.3. The number of hydrogen-bond donors (Lipinski definition) is 0. The molecular weight excluding hydrogens is 794 g/mol. The Hall–Kier alpha value is -5.81. The molecule has 0 bridgehead atoms. The summed E-state index contributed by atoms with van der Waals surface area (Å²) in [5.41, 5.74) is 19.8. The molecule has 0 N–H and O–H groups in total. The van der Waals surface area contributed by atoms with Crippen molar-refractivity contribution in [3.63, 3.8) is 0 Å². The van der Waals surface area contributed by atoms with E-state index >= 15 is 0 Å². The van der Waals surface area contributed by atoms with Gasteiger partial charge in [-0.25, -0.2) is 0 Å². The van der Waals surface area contributed by atoms with Gasteiger partial charge in [-0.05, 0) is 133 Å². The lowest BCUT2D eigenvalue weighted by Gasteiger charge is -2.42. The van der Waals surface area contributed by atoms with Gasteiger partial charge in [0.15, 0.2) is 8.07 Å². The van der Waals surface area contributed by atoms with Crippen LogP contribution in [0.25, 0.3) is 22.3 Å². The van der Waals surface area contributed by atoms with Crippen molar-refractivity contribution in [1.29, 1.82) is 0 Å². The van der Waals surface area contributed by atoms with E-state index in [4.69, 9.17) is 0 Å². The topological polar surface area (TPSA) is 3.24 Å². The van der Waals surface area contributed by atoms with Crippen molar-refractivity contribution in [2.75, 3.05) is 4.90 Å². The van der Waals surface area contributed by atoms with E-state index in [1.165, 1.54) is 114 Å². The van der Waals surface area contributed by atoms with Crippen molar-refractivity contribution in [2.45, 2.75) is 82.9 Å². The van der Waals surface area contributed by atoms with Crippen LogP contribution in [0.5, 0.6) is 0 Å². The van der Waals surface area contributed by atoms with Crippen molar-refractivity contribution < 1.29 is 0 Å². The Balaban J connectivity index is 1.30. The maximum absolute atomic E-state index is 2.89. The Morgan fingerprint density at radius 3 is 1.71 bits per heavy atom. The summed E-state index contributed by atoms with van der Waals surface area (Å²) in [6, 6.07) is 64.5. The first-order chi connectivity index (χ1) is 30.2. The molecule has 308 valence electrons. The van der Waals surface area contributed by atoms with Gasteiger partial charge >= 0.3 is 0 Å². The highest BCUT2D eigenvalue weighted by atomic mass is 32.2. The zero-order chi connectivity index (χ0) is 43.6. The van der Waals surface area contributed by atoms with Crippen molar-refractivity contribution in [1.82, 2.24) is 0 Å². The van der Waals surface area contributed by atoms with Crippen LogP contribution in [-0.2, 0) is 10.8 Å². The Morgan fingerprint density at radius 1 is 0.444 bits per heavy atom. The Labute approximate surface area is 380 Å². The lowest BCUT2D eigenvalue weighted by molar-refractivity contribution is 0.590. The lowest BCUT2D eigenvalue weighted by Crippen LogP contribution is -2.73. The minimum absolute atomic E-state index is 0.00697. The third-order valence-corrected chi connectivity index (χ3v) is 20.1. The summed E-state index contributed by atoms with van der Waals surface area (Å²) in [5.74, 6) is 0. The molecule has 0 spiro atoms. The van der Waals surface area contributed by atoms with E-state index in [9.17, 15) is 0 Å². The number of aryl methyl sites for hydroxylation is 3. The number of nitrogens with zero attached hydrogens (tertiary/aromatic N) is 1. The number of hydrogen-bond acceptors (Lipinski definition) is 2. The second-order valence-corrected chi connectivity index (χ2v) is 25.2. The van der Waals surface area contributed by atoms with Crippen LogP contribution in [0.1, 0.15) is 69.4 Å². The predicted molar refractivity (Wildman–Crippen MR) is 276 cm³/mol. The van der Waals surface area contributed by atoms with Crippen LogP contribution < -0.4 is 42.0 Å². The highest BCUT2D eigenvalue weighted by Gasteiger charge is 2.51. The molecule has 11 rings (SSSR count). The van der Waals surface area contributed by atoms with Crippen LogP contribution in [0.15, 0.2) is 174 Å². The molecule has 0 aliphatic carbocycles. The Kier molecular flexibility index (Phi) is 9.11. The van der Waals surface area contributed by atoms with Crippen molar-refractivity contribution >= 4 is 80.7 Å². The first kappa shape index (κ1) is 40.0. The SMILES string of the molecule is Cc1ccc([Si]2(c3ccc(C)cc3)c3cc(C(C)(C)C)ccc3-c3cc4c(cc32)B2c3ccccc3Sc3cc(C)cc(c32)N4c2ccc(C(C)(C)C)cc2-c2ccccc2)cc1. The molecule has 1 nitrogen and oxygen atoms in total. The second-order valence-electron chi connectivity index (χ2n) is 20.4. The molecule has 0 saturated carbocycles. The van der Waals surface area contributed by atoms with Gasteiger partial charge in [0.05, 0.1) is 5.69 Å². The van der Waals surface area contributed by atoms with E-state index in [1.54, 1.807) is 0 Å². The molecule has 4 heteroatoms. The fraction of sp³-hybridized carbons (Fsp3) is 0.186. The van der Waals surface area contributed by atoms with Crippen molar-refractivity contribution in [2.24, 2.45) is 0 Å². The molecule has 0 radical (unpaired) electrons.